The van der Waals surface area contributed by atoms with Gasteiger partial charge in [-0.2, -0.15) is 0 Å². The van der Waals surface area contributed by atoms with Crippen LogP contribution in [0.25, 0.3) is 0 Å². The Morgan fingerprint density at radius 2 is 2.20 bits per heavy atom. The van der Waals surface area contributed by atoms with Gasteiger partial charge in [-0.3, -0.25) is 4.79 Å². The summed E-state index contributed by atoms with van der Waals surface area (Å²) in [6.45, 7) is 1.90. The van der Waals surface area contributed by atoms with E-state index in [0.717, 1.165) is 5.56 Å². The van der Waals surface area contributed by atoms with Crippen LogP contribution in [0, 0.1) is 12.7 Å². The predicted molar refractivity (Wildman–Crippen MR) is 55.9 cm³/mol. The molecule has 4 heteroatoms. The van der Waals surface area contributed by atoms with Crippen LogP contribution in [-0.4, -0.2) is 26.5 Å². The molecule has 0 aliphatic heterocycles. The van der Waals surface area contributed by atoms with Crippen LogP contribution < -0.4 is 10.1 Å². The Labute approximate surface area is 88.2 Å². The fourth-order valence-electron chi connectivity index (χ4n) is 1.34. The Morgan fingerprint density at radius 3 is 2.73 bits per heavy atom. The van der Waals surface area contributed by atoms with Gasteiger partial charge < -0.3 is 10.1 Å². The molecule has 15 heavy (non-hydrogen) atoms. The van der Waals surface area contributed by atoms with E-state index in [2.05, 4.69) is 5.32 Å². The molecule has 0 atom stereocenters. The largest absolute Gasteiger partial charge is 0.494 e. The van der Waals surface area contributed by atoms with Crippen LogP contribution in [0.1, 0.15) is 15.9 Å². The van der Waals surface area contributed by atoms with Crippen LogP contribution in [0.3, 0.4) is 0 Å². The van der Waals surface area contributed by atoms with E-state index in [1.165, 1.54) is 13.2 Å². The molecule has 0 fully saturated rings. The Morgan fingerprint density at radius 1 is 1.53 bits per heavy atom. The van der Waals surface area contributed by atoms with Crippen molar-refractivity contribution in [1.29, 1.82) is 0 Å². The third-order valence-corrected chi connectivity index (χ3v) is 2.04. The molecule has 0 bridgehead atoms. The quantitative estimate of drug-likeness (QED) is 0.768. The fraction of sp³-hybridized carbons (Fsp3) is 0.364. The molecule has 1 N–H and O–H groups in total. The number of hydrogen-bond donors (Lipinski definition) is 1. The van der Waals surface area contributed by atoms with Gasteiger partial charge in [0.15, 0.2) is 17.3 Å². The number of halogens is 1. The second kappa shape index (κ2) is 4.89. The molecular formula is C11H14FNO2. The van der Waals surface area contributed by atoms with Crippen molar-refractivity contribution in [3.63, 3.8) is 0 Å². The van der Waals surface area contributed by atoms with Crippen molar-refractivity contribution in [2.75, 3.05) is 20.7 Å². The molecule has 0 radical (unpaired) electrons. The van der Waals surface area contributed by atoms with Crippen LogP contribution in [0.15, 0.2) is 12.1 Å². The number of carbonyl (C=O) groups is 1. The zero-order valence-corrected chi connectivity index (χ0v) is 9.06. The first-order valence-electron chi connectivity index (χ1n) is 4.62. The van der Waals surface area contributed by atoms with Crippen LogP contribution in [-0.2, 0) is 0 Å². The Bertz CT molecular complexity index is 377. The minimum Gasteiger partial charge on any atom is -0.494 e. The number of benzene rings is 1. The van der Waals surface area contributed by atoms with Crippen molar-refractivity contribution >= 4 is 5.78 Å². The zero-order chi connectivity index (χ0) is 11.4. The number of nitrogens with one attached hydrogen (secondary N) is 1. The highest BCUT2D eigenvalue weighted by Gasteiger charge is 2.15. The monoisotopic (exact) mass is 211 g/mol. The van der Waals surface area contributed by atoms with E-state index in [-0.39, 0.29) is 23.6 Å². The fourth-order valence-corrected chi connectivity index (χ4v) is 1.34. The van der Waals surface area contributed by atoms with Gasteiger partial charge in [-0.1, -0.05) is 0 Å². The molecule has 0 amide bonds. The molecule has 0 aliphatic rings. The van der Waals surface area contributed by atoms with Crippen LogP contribution in [0.5, 0.6) is 5.75 Å². The van der Waals surface area contributed by atoms with Crippen molar-refractivity contribution < 1.29 is 13.9 Å². The highest BCUT2D eigenvalue weighted by atomic mass is 19.1. The molecule has 0 heterocycles. The number of ether oxygens (including phenoxy) is 1. The van der Waals surface area contributed by atoms with E-state index in [1.54, 1.807) is 20.0 Å². The lowest BCUT2D eigenvalue weighted by Gasteiger charge is -2.08. The molecule has 1 aromatic carbocycles. The maximum absolute atomic E-state index is 13.7. The van der Waals surface area contributed by atoms with Crippen molar-refractivity contribution in [3.8, 4) is 5.75 Å². The Kier molecular flexibility index (Phi) is 3.80. The summed E-state index contributed by atoms with van der Waals surface area (Å²) in [5.74, 6) is -0.769. The molecule has 3 nitrogen and oxygen atoms in total. The molecule has 1 rings (SSSR count). The van der Waals surface area contributed by atoms with Gasteiger partial charge >= 0.3 is 0 Å². The highest BCUT2D eigenvalue weighted by molar-refractivity contribution is 5.98. The van der Waals surface area contributed by atoms with Crippen LogP contribution in [0.2, 0.25) is 0 Å². The van der Waals surface area contributed by atoms with Gasteiger partial charge in [0, 0.05) is 0 Å². The van der Waals surface area contributed by atoms with Gasteiger partial charge in [0.05, 0.1) is 19.2 Å². The minimum atomic E-state index is -0.594. The summed E-state index contributed by atoms with van der Waals surface area (Å²) in [6, 6.07) is 3.09. The number of aryl methyl sites for hydroxylation is 1. The smallest absolute Gasteiger partial charge is 0.179 e. The normalized spacial score (nSPS) is 10.1. The topological polar surface area (TPSA) is 38.3 Å². The number of methoxy groups -OCH3 is 1. The van der Waals surface area contributed by atoms with Gasteiger partial charge in [-0.25, -0.2) is 4.39 Å². The molecule has 0 aliphatic carbocycles. The van der Waals surface area contributed by atoms with Crippen molar-refractivity contribution in [3.05, 3.63) is 29.1 Å². The van der Waals surface area contributed by atoms with E-state index in [4.69, 9.17) is 4.74 Å². The number of carbonyl (C=O) groups excluding carboxylic acids is 1. The molecule has 0 saturated heterocycles. The first kappa shape index (κ1) is 11.7. The van der Waals surface area contributed by atoms with Crippen molar-refractivity contribution in [1.82, 2.24) is 5.32 Å². The summed E-state index contributed by atoms with van der Waals surface area (Å²) in [6.07, 6.45) is 0. The van der Waals surface area contributed by atoms with Gasteiger partial charge in [-0.05, 0) is 31.7 Å². The summed E-state index contributed by atoms with van der Waals surface area (Å²) in [4.78, 5) is 11.5. The molecule has 0 spiro atoms. The Balaban J connectivity index is 3.17. The maximum Gasteiger partial charge on any atom is 0.179 e. The highest BCUT2D eigenvalue weighted by Crippen LogP contribution is 2.22. The van der Waals surface area contributed by atoms with Crippen molar-refractivity contribution in [2.45, 2.75) is 6.92 Å². The maximum atomic E-state index is 13.7. The number of ketones is 1. The number of hydrogen-bond acceptors (Lipinski definition) is 3. The SMILES string of the molecule is CNCC(=O)c1cc(C)cc(OC)c1F. The molecular weight excluding hydrogens is 197 g/mol. The van der Waals surface area contributed by atoms with E-state index in [0.29, 0.717) is 0 Å². The predicted octanol–water partition coefficient (Wildman–Crippen LogP) is 1.54. The molecule has 0 unspecified atom stereocenters. The molecule has 1 aromatic rings. The van der Waals surface area contributed by atoms with Crippen molar-refractivity contribution in [2.24, 2.45) is 0 Å². The van der Waals surface area contributed by atoms with E-state index < -0.39 is 5.82 Å². The average Bonchev–Trinajstić information content (AvgIpc) is 2.21. The molecule has 0 saturated carbocycles. The third kappa shape index (κ3) is 2.53. The standard InChI is InChI=1S/C11H14FNO2/c1-7-4-8(9(14)6-13-2)11(12)10(5-7)15-3/h4-5,13H,6H2,1-3H3. The lowest BCUT2D eigenvalue weighted by molar-refractivity contribution is 0.0989. The zero-order valence-electron chi connectivity index (χ0n) is 9.06. The number of rotatable bonds is 4. The Hall–Kier alpha value is -1.42. The second-order valence-electron chi connectivity index (χ2n) is 3.28. The molecule has 82 valence electrons. The average molecular weight is 211 g/mol. The lowest BCUT2D eigenvalue weighted by atomic mass is 10.1. The summed E-state index contributed by atoms with van der Waals surface area (Å²) in [5, 5.41) is 2.69. The number of Topliss-reactive ketones (excluding diaryl/α,β-unsaturated/α-hetero) is 1. The summed E-state index contributed by atoms with van der Waals surface area (Å²) >= 11 is 0. The summed E-state index contributed by atoms with van der Waals surface area (Å²) < 4.78 is 18.5. The van der Waals surface area contributed by atoms with E-state index >= 15 is 0 Å². The van der Waals surface area contributed by atoms with Gasteiger partial charge in [0.2, 0.25) is 0 Å². The first-order valence-corrected chi connectivity index (χ1v) is 4.62. The lowest BCUT2D eigenvalue weighted by Crippen LogP contribution is -2.20. The van der Waals surface area contributed by atoms with Crippen LogP contribution in [0.4, 0.5) is 4.39 Å². The number of likely N-dealkylation sites (N-methyl/N-ethyl adjacent to an activating group) is 1. The van der Waals surface area contributed by atoms with E-state index in [9.17, 15) is 9.18 Å². The summed E-state index contributed by atoms with van der Waals surface area (Å²) in [7, 11) is 3.02. The summed E-state index contributed by atoms with van der Waals surface area (Å²) in [5.41, 5.74) is 0.869. The molecule has 0 aromatic heterocycles. The first-order chi connectivity index (χ1) is 7.10. The minimum absolute atomic E-state index is 0.0706. The van der Waals surface area contributed by atoms with Gasteiger partial charge in [0.1, 0.15) is 0 Å². The van der Waals surface area contributed by atoms with Gasteiger partial charge in [0.25, 0.3) is 0 Å². The second-order valence-corrected chi connectivity index (χ2v) is 3.28. The van der Waals surface area contributed by atoms with Crippen LogP contribution >= 0.6 is 0 Å². The van der Waals surface area contributed by atoms with Gasteiger partial charge in [-0.15, -0.1) is 0 Å². The third-order valence-electron chi connectivity index (χ3n) is 2.04. The van der Waals surface area contributed by atoms with E-state index in [1.807, 2.05) is 0 Å².